The molecule has 4 nitrogen and oxygen atoms in total. The highest BCUT2D eigenvalue weighted by molar-refractivity contribution is 7.26. The van der Waals surface area contributed by atoms with Crippen LogP contribution in [0.4, 0.5) is 0 Å². The molecule has 12 aromatic carbocycles. The number of hydrogen-bond donors (Lipinski definition) is 0. The minimum atomic E-state index is 0.616. The van der Waals surface area contributed by atoms with Gasteiger partial charge in [-0.2, -0.15) is 0 Å². The Balaban J connectivity index is 1.07. The maximum Gasteiger partial charge on any atom is 0.165 e. The summed E-state index contributed by atoms with van der Waals surface area (Å²) in [5.74, 6) is 1.88. The van der Waals surface area contributed by atoms with Crippen molar-refractivity contribution in [2.75, 3.05) is 0 Å². The highest BCUT2D eigenvalue weighted by Crippen LogP contribution is 2.47. The van der Waals surface area contributed by atoms with Crippen LogP contribution in [0.3, 0.4) is 0 Å². The summed E-state index contributed by atoms with van der Waals surface area (Å²) in [4.78, 5) is 16.5. The third-order valence-corrected chi connectivity index (χ3v) is 15.8. The Hall–Kier alpha value is -9.29. The minimum Gasteiger partial charge on any atom is -0.307 e. The Morgan fingerprint density at radius 1 is 0.292 bits per heavy atom. The Kier molecular flexibility index (Phi) is 9.10. The van der Waals surface area contributed by atoms with Crippen LogP contribution in [0.5, 0.6) is 0 Å². The summed E-state index contributed by atoms with van der Waals surface area (Å²) in [6.45, 7) is 0. The van der Waals surface area contributed by atoms with Crippen molar-refractivity contribution in [3.8, 4) is 62.1 Å². The van der Waals surface area contributed by atoms with E-state index in [4.69, 9.17) is 15.0 Å². The van der Waals surface area contributed by atoms with Gasteiger partial charge in [0, 0.05) is 64.0 Å². The SMILES string of the molecule is c1ccc(-c2ccc(-c3cc(-c4nc(-c5ccc6ccccc6c5)nc(-c5cccc6c5sc5ccccc56)n4)c4ccccc4c3-n3c4cc5ccccc5cc4c4ccc5ccccc5c43)cc2)cc1. The van der Waals surface area contributed by atoms with Gasteiger partial charge < -0.3 is 4.57 Å². The van der Waals surface area contributed by atoms with E-state index in [0.29, 0.717) is 17.5 Å². The lowest BCUT2D eigenvalue weighted by molar-refractivity contribution is 1.08. The maximum absolute atomic E-state index is 5.57. The minimum absolute atomic E-state index is 0.616. The number of rotatable bonds is 6. The molecule has 0 aliphatic heterocycles. The average Bonchev–Trinajstić information content (AvgIpc) is 4.00. The molecular formula is C67H40N4S. The number of nitrogens with zero attached hydrogens (tertiary/aromatic N) is 4. The first-order chi connectivity index (χ1) is 35.7. The van der Waals surface area contributed by atoms with Crippen LogP contribution >= 0.6 is 11.3 Å². The lowest BCUT2D eigenvalue weighted by Crippen LogP contribution is -2.04. The van der Waals surface area contributed by atoms with E-state index >= 15 is 0 Å². The maximum atomic E-state index is 5.57. The van der Waals surface area contributed by atoms with Crippen LogP contribution in [0.15, 0.2) is 243 Å². The second-order valence-corrected chi connectivity index (χ2v) is 19.7. The molecule has 0 radical (unpaired) electrons. The van der Waals surface area contributed by atoms with Crippen LogP contribution in [0.25, 0.3) is 147 Å². The van der Waals surface area contributed by atoms with Crippen LogP contribution in [-0.2, 0) is 0 Å². The summed E-state index contributed by atoms with van der Waals surface area (Å²) in [5, 5.41) is 14.1. The second kappa shape index (κ2) is 16.1. The van der Waals surface area contributed by atoms with E-state index < -0.39 is 0 Å². The first-order valence-corrected chi connectivity index (χ1v) is 25.2. The zero-order valence-electron chi connectivity index (χ0n) is 38.8. The molecule has 0 unspecified atom stereocenters. The molecule has 0 saturated carbocycles. The van der Waals surface area contributed by atoms with E-state index in [1.807, 2.05) is 0 Å². The summed E-state index contributed by atoms with van der Waals surface area (Å²) in [6.07, 6.45) is 0. The van der Waals surface area contributed by atoms with Gasteiger partial charge in [0.2, 0.25) is 0 Å². The van der Waals surface area contributed by atoms with Crippen LogP contribution in [-0.4, -0.2) is 19.5 Å². The lowest BCUT2D eigenvalue weighted by Gasteiger charge is -2.21. The molecule has 0 atom stereocenters. The van der Waals surface area contributed by atoms with Gasteiger partial charge in [0.1, 0.15) is 0 Å². The van der Waals surface area contributed by atoms with E-state index in [0.717, 1.165) is 65.4 Å². The zero-order valence-corrected chi connectivity index (χ0v) is 39.6. The summed E-state index contributed by atoms with van der Waals surface area (Å²) in [6, 6.07) is 87.9. The van der Waals surface area contributed by atoms with Gasteiger partial charge in [-0.25, -0.2) is 15.0 Å². The Labute approximate surface area is 418 Å². The number of benzene rings is 12. The first kappa shape index (κ1) is 40.6. The topological polar surface area (TPSA) is 43.6 Å². The van der Waals surface area contributed by atoms with Gasteiger partial charge in [0.15, 0.2) is 17.5 Å². The summed E-state index contributed by atoms with van der Waals surface area (Å²) in [5.41, 5.74) is 10.8. The van der Waals surface area contributed by atoms with E-state index in [1.54, 1.807) is 11.3 Å². The largest absolute Gasteiger partial charge is 0.307 e. The van der Waals surface area contributed by atoms with Crippen molar-refractivity contribution in [3.05, 3.63) is 243 Å². The standard InChI is InChI=1S/C67H40N4S/c1-2-15-41(16-3-1)43-29-32-45(33-30-43)57-40-59(51-23-10-11-25-53(51)63(57)71-60-39-48-21-7-6-20-47(48)38-58(60)54-36-35-44-18-8-9-22-50(44)62(54)71)67-69-65(49-34-31-42-17-4-5-19-46(42)37-49)68-66(70-67)56-27-14-26-55-52-24-12-13-28-61(52)72-64(55)56/h1-40H. The number of fused-ring (bicyclic) bond motifs is 11. The van der Waals surface area contributed by atoms with Crippen molar-refractivity contribution in [3.63, 3.8) is 0 Å². The molecule has 0 bridgehead atoms. The average molecular weight is 933 g/mol. The summed E-state index contributed by atoms with van der Waals surface area (Å²) in [7, 11) is 0. The Morgan fingerprint density at radius 2 is 0.861 bits per heavy atom. The fourth-order valence-electron chi connectivity index (χ4n) is 11.2. The van der Waals surface area contributed by atoms with Gasteiger partial charge >= 0.3 is 0 Å². The lowest BCUT2D eigenvalue weighted by atomic mass is 9.92. The molecule has 0 spiro atoms. The number of hydrogen-bond acceptors (Lipinski definition) is 4. The predicted molar refractivity (Wildman–Crippen MR) is 304 cm³/mol. The fourth-order valence-corrected chi connectivity index (χ4v) is 12.4. The summed E-state index contributed by atoms with van der Waals surface area (Å²) < 4.78 is 4.94. The van der Waals surface area contributed by atoms with Gasteiger partial charge in [-0.1, -0.05) is 206 Å². The van der Waals surface area contributed by atoms with E-state index in [2.05, 4.69) is 247 Å². The van der Waals surface area contributed by atoms with Gasteiger partial charge in [0.05, 0.1) is 16.7 Å². The Bertz CT molecular complexity index is 4680. The van der Waals surface area contributed by atoms with Crippen LogP contribution in [0.1, 0.15) is 0 Å². The molecule has 0 fully saturated rings. The second-order valence-electron chi connectivity index (χ2n) is 18.7. The molecule has 0 saturated heterocycles. The molecule has 0 amide bonds. The van der Waals surface area contributed by atoms with Gasteiger partial charge in [-0.05, 0) is 85.4 Å². The molecule has 0 aliphatic carbocycles. The quantitative estimate of drug-likeness (QED) is 0.167. The third-order valence-electron chi connectivity index (χ3n) is 14.6. The van der Waals surface area contributed by atoms with Gasteiger partial charge in [-0.15, -0.1) is 11.3 Å². The molecule has 15 aromatic rings. The van der Waals surface area contributed by atoms with E-state index in [9.17, 15) is 0 Å². The zero-order chi connectivity index (χ0) is 47.3. The van der Waals surface area contributed by atoms with E-state index in [1.165, 1.54) is 64.3 Å². The number of aromatic nitrogens is 4. The predicted octanol–water partition coefficient (Wildman–Crippen LogP) is 18.3. The normalized spacial score (nSPS) is 11.9. The molecule has 334 valence electrons. The number of thiophene rings is 1. The molecule has 3 aromatic heterocycles. The van der Waals surface area contributed by atoms with Crippen molar-refractivity contribution in [1.29, 1.82) is 0 Å². The van der Waals surface area contributed by atoms with Gasteiger partial charge in [0.25, 0.3) is 0 Å². The van der Waals surface area contributed by atoms with Crippen molar-refractivity contribution in [1.82, 2.24) is 19.5 Å². The molecular weight excluding hydrogens is 893 g/mol. The van der Waals surface area contributed by atoms with Crippen molar-refractivity contribution < 1.29 is 0 Å². The summed E-state index contributed by atoms with van der Waals surface area (Å²) >= 11 is 1.79. The van der Waals surface area contributed by atoms with Gasteiger partial charge in [-0.3, -0.25) is 0 Å². The van der Waals surface area contributed by atoms with Crippen LogP contribution in [0.2, 0.25) is 0 Å². The fraction of sp³-hybridized carbons (Fsp3) is 0. The highest BCUT2D eigenvalue weighted by Gasteiger charge is 2.25. The van der Waals surface area contributed by atoms with E-state index in [-0.39, 0.29) is 0 Å². The molecule has 5 heteroatoms. The van der Waals surface area contributed by atoms with Crippen LogP contribution in [0, 0.1) is 0 Å². The third kappa shape index (κ3) is 6.41. The van der Waals surface area contributed by atoms with Crippen LogP contribution < -0.4 is 0 Å². The molecule has 3 heterocycles. The molecule has 0 aliphatic rings. The van der Waals surface area contributed by atoms with Crippen molar-refractivity contribution in [2.24, 2.45) is 0 Å². The molecule has 15 rings (SSSR count). The first-order valence-electron chi connectivity index (χ1n) is 24.4. The smallest absolute Gasteiger partial charge is 0.165 e. The monoisotopic (exact) mass is 932 g/mol. The van der Waals surface area contributed by atoms with Crippen molar-refractivity contribution in [2.45, 2.75) is 0 Å². The molecule has 72 heavy (non-hydrogen) atoms. The van der Waals surface area contributed by atoms with Crippen molar-refractivity contribution >= 4 is 96.4 Å². The Morgan fingerprint density at radius 3 is 1.67 bits per heavy atom. The highest BCUT2D eigenvalue weighted by atomic mass is 32.1. The molecule has 0 N–H and O–H groups in total.